The Morgan fingerprint density at radius 1 is 1.47 bits per heavy atom. The van der Waals surface area contributed by atoms with Crippen LogP contribution < -0.4 is 0 Å². The monoisotopic (exact) mass is 265 g/mol. The Kier molecular flexibility index (Phi) is 6.41. The number of hydrogen-bond acceptors (Lipinski definition) is 3. The number of unbranched alkanes of at least 4 members (excludes halogenated alkanes) is 1. The van der Waals surface area contributed by atoms with E-state index in [9.17, 15) is 5.11 Å². The van der Waals surface area contributed by atoms with E-state index in [1.54, 1.807) is 12.3 Å². The summed E-state index contributed by atoms with van der Waals surface area (Å²) in [5, 5.41) is 10.6. The molecule has 0 aliphatic carbocycles. The summed E-state index contributed by atoms with van der Waals surface area (Å²) >= 11 is 0. The minimum Gasteiger partial charge on any atom is -0.501 e. The number of piperidine rings is 1. The molecule has 1 aliphatic rings. The second kappa shape index (κ2) is 7.57. The van der Waals surface area contributed by atoms with Gasteiger partial charge in [0.25, 0.3) is 0 Å². The molecule has 1 aliphatic heterocycles. The predicted octanol–water partition coefficient (Wildman–Crippen LogP) is 2.41. The van der Waals surface area contributed by atoms with E-state index in [0.29, 0.717) is 12.5 Å². The molecule has 0 saturated carbocycles. The van der Waals surface area contributed by atoms with E-state index in [1.165, 1.54) is 0 Å². The van der Waals surface area contributed by atoms with Crippen molar-refractivity contribution in [3.05, 3.63) is 12.3 Å². The molecule has 0 spiro atoms. The molecule has 3 atom stereocenters. The van der Waals surface area contributed by atoms with Gasteiger partial charge in [-0.3, -0.25) is 0 Å². The predicted molar refractivity (Wildman–Crippen MR) is 78.6 cm³/mol. The van der Waals surface area contributed by atoms with E-state index in [1.807, 2.05) is 0 Å². The number of allylic oxidation sites excluding steroid dienone is 1. The van der Waals surface area contributed by atoms with Crippen LogP contribution in [0.1, 0.15) is 40.0 Å². The third kappa shape index (κ3) is 4.89. The molecule has 0 aromatic heterocycles. The average molecular weight is 265 g/mol. The van der Waals surface area contributed by atoms with Crippen LogP contribution in [-0.4, -0.2) is 41.8 Å². The first-order chi connectivity index (χ1) is 8.99. The van der Waals surface area contributed by atoms with Crippen molar-refractivity contribution in [1.29, 1.82) is 0 Å². The second-order valence-corrected chi connectivity index (χ2v) is 5.61. The Labute approximate surface area is 117 Å². The number of rotatable bonds is 4. The van der Waals surface area contributed by atoms with Crippen LogP contribution in [0.3, 0.4) is 0 Å². The van der Waals surface area contributed by atoms with Crippen LogP contribution in [0.5, 0.6) is 0 Å². The van der Waals surface area contributed by atoms with Crippen LogP contribution in [0.4, 0.5) is 0 Å². The first kappa shape index (κ1) is 16.1. The second-order valence-electron chi connectivity index (χ2n) is 5.61. The standard InChI is InChI=1S/C16H27NO2/c1-5-6-10-19-11-8-7-9-16(18)12-15(3)17(4)13-14(16)2/h8,11,14-15,18H,5-6,10,12-13H2,1-4H3/b11-8+/t14-,15+,16+/m1/s1. The molecule has 0 bridgehead atoms. The number of ether oxygens (including phenoxy) is 1. The van der Waals surface area contributed by atoms with E-state index >= 15 is 0 Å². The summed E-state index contributed by atoms with van der Waals surface area (Å²) < 4.78 is 5.29. The molecule has 1 saturated heterocycles. The third-order valence-corrected chi connectivity index (χ3v) is 3.89. The fourth-order valence-corrected chi connectivity index (χ4v) is 2.29. The van der Waals surface area contributed by atoms with Gasteiger partial charge in [-0.1, -0.05) is 32.1 Å². The van der Waals surface area contributed by atoms with Gasteiger partial charge in [0.2, 0.25) is 0 Å². The molecule has 1 fully saturated rings. The minimum atomic E-state index is -0.875. The van der Waals surface area contributed by atoms with Crippen molar-refractivity contribution in [2.45, 2.75) is 51.7 Å². The summed E-state index contributed by atoms with van der Waals surface area (Å²) in [4.78, 5) is 2.27. The van der Waals surface area contributed by atoms with Gasteiger partial charge in [0.15, 0.2) is 0 Å². The van der Waals surface area contributed by atoms with Crippen LogP contribution in [0.2, 0.25) is 0 Å². The van der Waals surface area contributed by atoms with Gasteiger partial charge in [0.1, 0.15) is 5.60 Å². The molecule has 0 radical (unpaired) electrons. The number of aliphatic hydroxyl groups is 1. The van der Waals surface area contributed by atoms with Crippen molar-refractivity contribution < 1.29 is 9.84 Å². The molecular formula is C16H27NO2. The van der Waals surface area contributed by atoms with Gasteiger partial charge >= 0.3 is 0 Å². The maximum Gasteiger partial charge on any atom is 0.131 e. The normalized spacial score (nSPS) is 32.1. The van der Waals surface area contributed by atoms with Gasteiger partial charge in [-0.05, 0) is 20.4 Å². The van der Waals surface area contributed by atoms with Gasteiger partial charge < -0.3 is 14.7 Å². The molecular weight excluding hydrogens is 238 g/mol. The van der Waals surface area contributed by atoms with E-state index in [2.05, 4.69) is 44.6 Å². The topological polar surface area (TPSA) is 32.7 Å². The van der Waals surface area contributed by atoms with Crippen molar-refractivity contribution in [3.63, 3.8) is 0 Å². The van der Waals surface area contributed by atoms with Gasteiger partial charge in [0, 0.05) is 31.0 Å². The van der Waals surface area contributed by atoms with E-state index in [0.717, 1.165) is 26.0 Å². The number of nitrogens with zero attached hydrogens (tertiary/aromatic N) is 1. The smallest absolute Gasteiger partial charge is 0.131 e. The molecule has 0 amide bonds. The van der Waals surface area contributed by atoms with Gasteiger partial charge in [-0.2, -0.15) is 0 Å². The number of hydrogen-bond donors (Lipinski definition) is 1. The van der Waals surface area contributed by atoms with Crippen LogP contribution in [-0.2, 0) is 4.74 Å². The van der Waals surface area contributed by atoms with Crippen molar-refractivity contribution in [1.82, 2.24) is 4.90 Å². The summed E-state index contributed by atoms with van der Waals surface area (Å²) in [5.41, 5.74) is -0.875. The zero-order valence-corrected chi connectivity index (χ0v) is 12.6. The summed E-state index contributed by atoms with van der Waals surface area (Å²) in [7, 11) is 2.09. The SMILES string of the molecule is CCCCO/C=C/C#C[C@]1(O)C[C@H](C)N(C)C[C@H]1C. The highest BCUT2D eigenvalue weighted by atomic mass is 16.5. The summed E-state index contributed by atoms with van der Waals surface area (Å²) in [5.74, 6) is 6.08. The van der Waals surface area contributed by atoms with Crippen LogP contribution in [0.25, 0.3) is 0 Å². The van der Waals surface area contributed by atoms with Gasteiger partial charge in [-0.15, -0.1) is 0 Å². The Bertz CT molecular complexity index is 355. The van der Waals surface area contributed by atoms with Crippen molar-refractivity contribution in [2.75, 3.05) is 20.2 Å². The fraction of sp³-hybridized carbons (Fsp3) is 0.750. The molecule has 1 rings (SSSR count). The zero-order chi connectivity index (χ0) is 14.3. The largest absolute Gasteiger partial charge is 0.501 e. The molecule has 0 unspecified atom stereocenters. The lowest BCUT2D eigenvalue weighted by Gasteiger charge is -2.42. The van der Waals surface area contributed by atoms with Gasteiger partial charge in [-0.25, -0.2) is 0 Å². The Morgan fingerprint density at radius 3 is 2.89 bits per heavy atom. The molecule has 19 heavy (non-hydrogen) atoms. The maximum absolute atomic E-state index is 10.6. The lowest BCUT2D eigenvalue weighted by Crippen LogP contribution is -2.52. The Balaban J connectivity index is 2.50. The lowest BCUT2D eigenvalue weighted by molar-refractivity contribution is -0.0346. The molecule has 0 aromatic carbocycles. The molecule has 3 heteroatoms. The van der Waals surface area contributed by atoms with Crippen LogP contribution in [0, 0.1) is 17.8 Å². The average Bonchev–Trinajstić information content (AvgIpc) is 2.36. The Hall–Kier alpha value is -0.980. The lowest BCUT2D eigenvalue weighted by atomic mass is 9.79. The fourth-order valence-electron chi connectivity index (χ4n) is 2.29. The molecule has 3 nitrogen and oxygen atoms in total. The van der Waals surface area contributed by atoms with Crippen LogP contribution >= 0.6 is 0 Å². The number of likely N-dealkylation sites (tertiary alicyclic amines) is 1. The van der Waals surface area contributed by atoms with Crippen molar-refractivity contribution in [3.8, 4) is 11.8 Å². The first-order valence-electron chi connectivity index (χ1n) is 7.21. The van der Waals surface area contributed by atoms with Crippen molar-refractivity contribution in [2.24, 2.45) is 5.92 Å². The molecule has 1 heterocycles. The van der Waals surface area contributed by atoms with Crippen LogP contribution in [0.15, 0.2) is 12.3 Å². The Morgan fingerprint density at radius 2 is 2.21 bits per heavy atom. The third-order valence-electron chi connectivity index (χ3n) is 3.89. The maximum atomic E-state index is 10.6. The van der Waals surface area contributed by atoms with E-state index < -0.39 is 5.60 Å². The highest BCUT2D eigenvalue weighted by molar-refractivity contribution is 5.24. The van der Waals surface area contributed by atoms with E-state index in [4.69, 9.17) is 4.74 Å². The highest BCUT2D eigenvalue weighted by Gasteiger charge is 2.39. The molecule has 108 valence electrons. The molecule has 0 aromatic rings. The summed E-state index contributed by atoms with van der Waals surface area (Å²) in [6.45, 7) is 7.92. The van der Waals surface area contributed by atoms with Crippen molar-refractivity contribution >= 4 is 0 Å². The summed E-state index contributed by atoms with van der Waals surface area (Å²) in [6.07, 6.45) is 6.19. The quantitative estimate of drug-likeness (QED) is 0.481. The molecule has 1 N–H and O–H groups in total. The summed E-state index contributed by atoms with van der Waals surface area (Å²) in [6, 6.07) is 0.361. The minimum absolute atomic E-state index is 0.163. The first-order valence-corrected chi connectivity index (χ1v) is 7.21. The highest BCUT2D eigenvalue weighted by Crippen LogP contribution is 2.30. The van der Waals surface area contributed by atoms with E-state index in [-0.39, 0.29) is 5.92 Å². The van der Waals surface area contributed by atoms with Gasteiger partial charge in [0.05, 0.1) is 12.9 Å². The zero-order valence-electron chi connectivity index (χ0n) is 12.6.